The van der Waals surface area contributed by atoms with Gasteiger partial charge >= 0.3 is 0 Å². The van der Waals surface area contributed by atoms with E-state index in [9.17, 15) is 13.2 Å². The lowest BCUT2D eigenvalue weighted by Crippen LogP contribution is -2.30. The van der Waals surface area contributed by atoms with Crippen LogP contribution in [-0.2, 0) is 14.8 Å². The van der Waals surface area contributed by atoms with Crippen molar-refractivity contribution >= 4 is 15.9 Å². The van der Waals surface area contributed by atoms with Gasteiger partial charge in [0.25, 0.3) is 0 Å². The van der Waals surface area contributed by atoms with Gasteiger partial charge in [-0.1, -0.05) is 6.92 Å². The molecule has 1 atom stereocenters. The minimum atomic E-state index is -3.47. The van der Waals surface area contributed by atoms with E-state index < -0.39 is 10.0 Å². The van der Waals surface area contributed by atoms with Crippen molar-refractivity contribution in [2.45, 2.75) is 19.8 Å². The second kappa shape index (κ2) is 6.32. The Hall–Kier alpha value is -0.660. The zero-order chi connectivity index (χ0) is 12.9. The minimum absolute atomic E-state index is 0.0372. The highest BCUT2D eigenvalue weighted by atomic mass is 32.2. The molecular weight excluding hydrogens is 242 g/mol. The van der Waals surface area contributed by atoms with Crippen LogP contribution in [0.5, 0.6) is 0 Å². The van der Waals surface area contributed by atoms with Crippen molar-refractivity contribution in [3.63, 3.8) is 0 Å². The molecule has 1 fully saturated rings. The quantitative estimate of drug-likeness (QED) is 0.584. The van der Waals surface area contributed by atoms with Gasteiger partial charge in [0.2, 0.25) is 15.9 Å². The molecule has 1 rings (SSSR count). The van der Waals surface area contributed by atoms with E-state index in [-0.39, 0.29) is 17.6 Å². The molecular formula is C10H21N3O3S. The molecule has 1 aliphatic rings. The Kier molecular flexibility index (Phi) is 5.35. The Morgan fingerprint density at radius 3 is 2.82 bits per heavy atom. The predicted octanol–water partition coefficient (Wildman–Crippen LogP) is -0.877. The molecule has 1 saturated heterocycles. The van der Waals surface area contributed by atoms with Crippen molar-refractivity contribution in [2.24, 2.45) is 11.1 Å². The van der Waals surface area contributed by atoms with Crippen molar-refractivity contribution in [1.82, 2.24) is 10.2 Å². The largest absolute Gasteiger partial charge is 0.342 e. The zero-order valence-electron chi connectivity index (χ0n) is 10.2. The maximum Gasteiger partial charge on any atom is 0.222 e. The first-order chi connectivity index (χ1) is 7.92. The fourth-order valence-electron chi connectivity index (χ4n) is 2.08. The molecule has 6 nitrogen and oxygen atoms in total. The lowest BCUT2D eigenvalue weighted by atomic mass is 10.1. The van der Waals surface area contributed by atoms with Gasteiger partial charge in [-0.15, -0.1) is 0 Å². The Balaban J connectivity index is 2.32. The highest BCUT2D eigenvalue weighted by Gasteiger charge is 2.31. The first kappa shape index (κ1) is 14.4. The minimum Gasteiger partial charge on any atom is -0.342 e. The van der Waals surface area contributed by atoms with Gasteiger partial charge in [0, 0.05) is 25.4 Å². The summed E-state index contributed by atoms with van der Waals surface area (Å²) >= 11 is 0. The van der Waals surface area contributed by atoms with E-state index in [0.717, 1.165) is 19.5 Å². The monoisotopic (exact) mass is 263 g/mol. The standard InChI is InChI=1S/C10H21N3O3S/c1-2-12-4-3-5-13-7-9(6-10(13)14)8-17(11,15)16/h9,12H,2-8H2,1H3,(H2,11,15,16). The van der Waals surface area contributed by atoms with E-state index in [2.05, 4.69) is 5.32 Å². The van der Waals surface area contributed by atoms with Crippen LogP contribution in [-0.4, -0.2) is 51.2 Å². The van der Waals surface area contributed by atoms with Crippen molar-refractivity contribution in [1.29, 1.82) is 0 Å². The van der Waals surface area contributed by atoms with E-state index in [0.29, 0.717) is 19.5 Å². The normalized spacial score (nSPS) is 21.2. The number of carbonyl (C=O) groups excluding carboxylic acids is 1. The maximum absolute atomic E-state index is 11.6. The van der Waals surface area contributed by atoms with Crippen LogP contribution in [0.3, 0.4) is 0 Å². The number of hydrogen-bond acceptors (Lipinski definition) is 4. The third-order valence-electron chi connectivity index (χ3n) is 2.79. The summed E-state index contributed by atoms with van der Waals surface area (Å²) in [6.45, 7) is 5.03. The van der Waals surface area contributed by atoms with Crippen LogP contribution in [0.25, 0.3) is 0 Å². The molecule has 0 aliphatic carbocycles. The Morgan fingerprint density at radius 2 is 2.24 bits per heavy atom. The van der Waals surface area contributed by atoms with Gasteiger partial charge in [0.15, 0.2) is 0 Å². The number of nitrogens with zero attached hydrogens (tertiary/aromatic N) is 1. The van der Waals surface area contributed by atoms with Crippen LogP contribution in [0, 0.1) is 5.92 Å². The molecule has 0 bridgehead atoms. The molecule has 7 heteroatoms. The molecule has 17 heavy (non-hydrogen) atoms. The number of sulfonamides is 1. The average molecular weight is 263 g/mol. The molecule has 3 N–H and O–H groups in total. The number of rotatable bonds is 7. The first-order valence-corrected chi connectivity index (χ1v) is 7.63. The van der Waals surface area contributed by atoms with Gasteiger partial charge < -0.3 is 10.2 Å². The summed E-state index contributed by atoms with van der Waals surface area (Å²) in [7, 11) is -3.47. The number of primary sulfonamides is 1. The molecule has 0 aromatic carbocycles. The Labute approximate surface area is 103 Å². The SMILES string of the molecule is CCNCCCN1CC(CS(N)(=O)=O)CC1=O. The number of nitrogens with one attached hydrogen (secondary N) is 1. The van der Waals surface area contributed by atoms with Crippen LogP contribution in [0.15, 0.2) is 0 Å². The number of amides is 1. The highest BCUT2D eigenvalue weighted by Crippen LogP contribution is 2.18. The second-order valence-corrected chi connectivity index (χ2v) is 6.11. The summed E-state index contributed by atoms with van der Waals surface area (Å²) in [4.78, 5) is 13.3. The van der Waals surface area contributed by atoms with Crippen molar-refractivity contribution in [2.75, 3.05) is 31.9 Å². The van der Waals surface area contributed by atoms with Crippen LogP contribution in [0.1, 0.15) is 19.8 Å². The molecule has 1 aliphatic heterocycles. The molecule has 1 amide bonds. The zero-order valence-corrected chi connectivity index (χ0v) is 11.0. The lowest BCUT2D eigenvalue weighted by Gasteiger charge is -2.16. The molecule has 100 valence electrons. The highest BCUT2D eigenvalue weighted by molar-refractivity contribution is 7.89. The summed E-state index contributed by atoms with van der Waals surface area (Å²) in [6.07, 6.45) is 1.19. The summed E-state index contributed by atoms with van der Waals surface area (Å²) in [5, 5.41) is 8.16. The Bertz CT molecular complexity index is 356. The molecule has 1 heterocycles. The van der Waals surface area contributed by atoms with Crippen LogP contribution >= 0.6 is 0 Å². The Morgan fingerprint density at radius 1 is 1.53 bits per heavy atom. The van der Waals surface area contributed by atoms with E-state index in [1.807, 2.05) is 6.92 Å². The molecule has 0 saturated carbocycles. The number of hydrogen-bond donors (Lipinski definition) is 2. The first-order valence-electron chi connectivity index (χ1n) is 5.91. The van der Waals surface area contributed by atoms with Crippen molar-refractivity contribution in [3.8, 4) is 0 Å². The van der Waals surface area contributed by atoms with E-state index in [4.69, 9.17) is 5.14 Å². The summed E-state index contributed by atoms with van der Waals surface area (Å²) in [5.74, 6) is -0.200. The lowest BCUT2D eigenvalue weighted by molar-refractivity contribution is -0.127. The van der Waals surface area contributed by atoms with Gasteiger partial charge in [-0.25, -0.2) is 13.6 Å². The predicted molar refractivity (Wildman–Crippen MR) is 65.8 cm³/mol. The second-order valence-electron chi connectivity index (χ2n) is 4.45. The molecule has 0 radical (unpaired) electrons. The third-order valence-corrected chi connectivity index (χ3v) is 3.73. The van der Waals surface area contributed by atoms with Gasteiger partial charge in [0.05, 0.1) is 5.75 Å². The van der Waals surface area contributed by atoms with Crippen LogP contribution in [0.4, 0.5) is 0 Å². The number of carbonyl (C=O) groups is 1. The maximum atomic E-state index is 11.6. The molecule has 0 aromatic rings. The average Bonchev–Trinajstić information content (AvgIpc) is 2.51. The fourth-order valence-corrected chi connectivity index (χ4v) is 2.96. The van der Waals surface area contributed by atoms with E-state index in [1.54, 1.807) is 4.90 Å². The third kappa shape index (κ3) is 5.47. The fraction of sp³-hybridized carbons (Fsp3) is 0.900. The van der Waals surface area contributed by atoms with E-state index in [1.165, 1.54) is 0 Å². The van der Waals surface area contributed by atoms with Gasteiger partial charge in [-0.3, -0.25) is 4.79 Å². The van der Waals surface area contributed by atoms with Gasteiger partial charge in [0.1, 0.15) is 0 Å². The molecule has 0 spiro atoms. The summed E-state index contributed by atoms with van der Waals surface area (Å²) in [6, 6.07) is 0. The summed E-state index contributed by atoms with van der Waals surface area (Å²) in [5.41, 5.74) is 0. The van der Waals surface area contributed by atoms with Gasteiger partial charge in [-0.05, 0) is 19.5 Å². The van der Waals surface area contributed by atoms with Crippen molar-refractivity contribution < 1.29 is 13.2 Å². The number of nitrogens with two attached hydrogens (primary N) is 1. The van der Waals surface area contributed by atoms with Gasteiger partial charge in [-0.2, -0.15) is 0 Å². The number of likely N-dealkylation sites (tertiary alicyclic amines) is 1. The topological polar surface area (TPSA) is 92.5 Å². The van der Waals surface area contributed by atoms with Crippen LogP contribution < -0.4 is 10.5 Å². The molecule has 0 aromatic heterocycles. The molecule has 1 unspecified atom stereocenters. The van der Waals surface area contributed by atoms with Crippen LogP contribution in [0.2, 0.25) is 0 Å². The van der Waals surface area contributed by atoms with E-state index >= 15 is 0 Å². The smallest absolute Gasteiger partial charge is 0.222 e. The van der Waals surface area contributed by atoms with Crippen molar-refractivity contribution in [3.05, 3.63) is 0 Å². The summed E-state index contributed by atoms with van der Waals surface area (Å²) < 4.78 is 21.9.